The molecule has 19 heavy (non-hydrogen) atoms. The Balaban J connectivity index is 1.96. The Morgan fingerprint density at radius 1 is 1.21 bits per heavy atom. The molecule has 0 aromatic heterocycles. The average Bonchev–Trinajstić information content (AvgIpc) is 2.87. The lowest BCUT2D eigenvalue weighted by atomic mass is 9.92. The molecule has 1 unspecified atom stereocenters. The van der Waals surface area contributed by atoms with Gasteiger partial charge in [0.15, 0.2) is 0 Å². The molecule has 0 aromatic rings. The third kappa shape index (κ3) is 2.95. The van der Waals surface area contributed by atoms with Gasteiger partial charge in [-0.05, 0) is 46.6 Å². The number of rotatable bonds is 2. The van der Waals surface area contributed by atoms with Gasteiger partial charge in [0, 0.05) is 31.7 Å². The number of carbonyl (C=O) groups is 1. The molecule has 2 aliphatic rings. The first-order chi connectivity index (χ1) is 8.89. The van der Waals surface area contributed by atoms with Gasteiger partial charge in [-0.1, -0.05) is 6.92 Å². The molecule has 1 atom stereocenters. The van der Waals surface area contributed by atoms with Crippen molar-refractivity contribution in [2.24, 2.45) is 0 Å². The van der Waals surface area contributed by atoms with Crippen LogP contribution in [0, 0.1) is 0 Å². The Morgan fingerprint density at radius 3 is 2.26 bits per heavy atom. The number of nitrogens with zero attached hydrogens (tertiary/aromatic N) is 2. The van der Waals surface area contributed by atoms with E-state index >= 15 is 0 Å². The molecule has 2 fully saturated rings. The van der Waals surface area contributed by atoms with Crippen molar-refractivity contribution in [2.75, 3.05) is 32.7 Å². The van der Waals surface area contributed by atoms with Crippen molar-refractivity contribution in [3.63, 3.8) is 0 Å². The van der Waals surface area contributed by atoms with E-state index in [2.05, 4.69) is 42.8 Å². The van der Waals surface area contributed by atoms with E-state index in [0.29, 0.717) is 5.91 Å². The molecule has 0 aliphatic carbocycles. The number of piperazine rings is 1. The van der Waals surface area contributed by atoms with Gasteiger partial charge >= 0.3 is 0 Å². The van der Waals surface area contributed by atoms with Crippen LogP contribution in [0.5, 0.6) is 0 Å². The second-order valence-corrected chi connectivity index (χ2v) is 6.92. The summed E-state index contributed by atoms with van der Waals surface area (Å²) in [6.45, 7) is 13.6. The molecule has 0 radical (unpaired) electrons. The summed E-state index contributed by atoms with van der Waals surface area (Å²) < 4.78 is 0. The molecular formula is C15H29N3O. The topological polar surface area (TPSA) is 35.6 Å². The highest BCUT2D eigenvalue weighted by Gasteiger charge is 2.42. The van der Waals surface area contributed by atoms with Crippen LogP contribution in [0.4, 0.5) is 0 Å². The van der Waals surface area contributed by atoms with Crippen LogP contribution in [0.25, 0.3) is 0 Å². The Bertz CT molecular complexity index is 321. The summed E-state index contributed by atoms with van der Waals surface area (Å²) in [4.78, 5) is 17.3. The second kappa shape index (κ2) is 5.41. The molecule has 0 bridgehead atoms. The number of hydrogen-bond donors (Lipinski definition) is 1. The van der Waals surface area contributed by atoms with Crippen LogP contribution in [0.1, 0.15) is 47.0 Å². The molecular weight excluding hydrogens is 238 g/mol. The van der Waals surface area contributed by atoms with Crippen molar-refractivity contribution in [2.45, 2.75) is 58.0 Å². The van der Waals surface area contributed by atoms with Crippen molar-refractivity contribution in [3.05, 3.63) is 0 Å². The van der Waals surface area contributed by atoms with Gasteiger partial charge in [0.2, 0.25) is 5.91 Å². The number of carbonyl (C=O) groups excluding carboxylic acids is 1. The van der Waals surface area contributed by atoms with E-state index < -0.39 is 0 Å². The van der Waals surface area contributed by atoms with E-state index in [4.69, 9.17) is 0 Å². The lowest BCUT2D eigenvalue weighted by molar-refractivity contribution is -0.140. The molecule has 2 saturated heterocycles. The van der Waals surface area contributed by atoms with Crippen molar-refractivity contribution in [3.8, 4) is 0 Å². The van der Waals surface area contributed by atoms with Crippen LogP contribution in [-0.2, 0) is 4.79 Å². The van der Waals surface area contributed by atoms with Gasteiger partial charge in [-0.15, -0.1) is 0 Å². The molecule has 2 rings (SSSR count). The summed E-state index contributed by atoms with van der Waals surface area (Å²) in [5.74, 6) is 0.334. The first-order valence-electron chi connectivity index (χ1n) is 7.68. The van der Waals surface area contributed by atoms with E-state index in [1.54, 1.807) is 0 Å². The summed E-state index contributed by atoms with van der Waals surface area (Å²) >= 11 is 0. The van der Waals surface area contributed by atoms with Gasteiger partial charge in [0.05, 0.1) is 5.54 Å². The molecule has 1 N–H and O–H groups in total. The highest BCUT2D eigenvalue weighted by molar-refractivity contribution is 5.86. The maximum atomic E-state index is 12.8. The lowest BCUT2D eigenvalue weighted by Crippen LogP contribution is -2.61. The van der Waals surface area contributed by atoms with Gasteiger partial charge in [0.1, 0.15) is 0 Å². The van der Waals surface area contributed by atoms with E-state index in [9.17, 15) is 4.79 Å². The molecule has 2 aliphatic heterocycles. The predicted molar refractivity (Wildman–Crippen MR) is 78.2 cm³/mol. The molecule has 4 nitrogen and oxygen atoms in total. The SMILES string of the molecule is CCC1(C(=O)N2CCN(C(C)(C)C)CC2)CCCN1. The summed E-state index contributed by atoms with van der Waals surface area (Å²) in [7, 11) is 0. The zero-order chi connectivity index (χ0) is 14.1. The number of amides is 1. The number of nitrogens with one attached hydrogen (secondary N) is 1. The van der Waals surface area contributed by atoms with Crippen LogP contribution in [0.3, 0.4) is 0 Å². The third-order valence-corrected chi connectivity index (χ3v) is 4.77. The first-order valence-corrected chi connectivity index (χ1v) is 7.68. The number of hydrogen-bond acceptors (Lipinski definition) is 3. The predicted octanol–water partition coefficient (Wildman–Crippen LogP) is 1.46. The van der Waals surface area contributed by atoms with Gasteiger partial charge in [-0.3, -0.25) is 9.69 Å². The summed E-state index contributed by atoms with van der Waals surface area (Å²) in [6, 6.07) is 0. The van der Waals surface area contributed by atoms with Crippen LogP contribution in [-0.4, -0.2) is 59.5 Å². The molecule has 0 saturated carbocycles. The van der Waals surface area contributed by atoms with Crippen molar-refractivity contribution in [1.82, 2.24) is 15.1 Å². The standard InChI is InChI=1S/C15H29N3O/c1-5-15(7-6-8-16-15)13(19)17-9-11-18(12-10-17)14(2,3)4/h16H,5-12H2,1-4H3. The molecule has 4 heteroatoms. The average molecular weight is 267 g/mol. The van der Waals surface area contributed by atoms with Gasteiger partial charge in [-0.25, -0.2) is 0 Å². The second-order valence-electron chi connectivity index (χ2n) is 6.92. The van der Waals surface area contributed by atoms with Gasteiger partial charge in [0.25, 0.3) is 0 Å². The van der Waals surface area contributed by atoms with Crippen LogP contribution < -0.4 is 5.32 Å². The minimum atomic E-state index is -0.260. The third-order valence-electron chi connectivity index (χ3n) is 4.77. The van der Waals surface area contributed by atoms with Crippen molar-refractivity contribution in [1.29, 1.82) is 0 Å². The Kier molecular flexibility index (Phi) is 4.21. The molecule has 110 valence electrons. The van der Waals surface area contributed by atoms with Gasteiger partial charge in [-0.2, -0.15) is 0 Å². The Labute approximate surface area is 117 Å². The highest BCUT2D eigenvalue weighted by Crippen LogP contribution is 2.26. The minimum Gasteiger partial charge on any atom is -0.339 e. The summed E-state index contributed by atoms with van der Waals surface area (Å²) in [5.41, 5.74) is -0.0485. The minimum absolute atomic E-state index is 0.211. The summed E-state index contributed by atoms with van der Waals surface area (Å²) in [5, 5.41) is 3.45. The molecule has 0 spiro atoms. The zero-order valence-electron chi connectivity index (χ0n) is 13.0. The van der Waals surface area contributed by atoms with Crippen LogP contribution >= 0.6 is 0 Å². The largest absolute Gasteiger partial charge is 0.339 e. The van der Waals surface area contributed by atoms with E-state index in [-0.39, 0.29) is 11.1 Å². The quantitative estimate of drug-likeness (QED) is 0.823. The fraction of sp³-hybridized carbons (Fsp3) is 0.933. The monoisotopic (exact) mass is 267 g/mol. The maximum absolute atomic E-state index is 12.8. The lowest BCUT2D eigenvalue weighted by Gasteiger charge is -2.44. The van der Waals surface area contributed by atoms with Crippen molar-refractivity contribution >= 4 is 5.91 Å². The summed E-state index contributed by atoms with van der Waals surface area (Å²) in [6.07, 6.45) is 3.04. The van der Waals surface area contributed by atoms with Crippen molar-refractivity contribution < 1.29 is 4.79 Å². The fourth-order valence-electron chi connectivity index (χ4n) is 3.32. The normalized spacial score (nSPS) is 29.8. The van der Waals surface area contributed by atoms with Crippen LogP contribution in [0.2, 0.25) is 0 Å². The smallest absolute Gasteiger partial charge is 0.242 e. The zero-order valence-corrected chi connectivity index (χ0v) is 13.0. The highest BCUT2D eigenvalue weighted by atomic mass is 16.2. The molecule has 2 heterocycles. The van der Waals surface area contributed by atoms with E-state index in [0.717, 1.165) is 52.0 Å². The first kappa shape index (κ1) is 14.8. The van der Waals surface area contributed by atoms with Crippen LogP contribution in [0.15, 0.2) is 0 Å². The Hall–Kier alpha value is -0.610. The molecule has 0 aromatic carbocycles. The Morgan fingerprint density at radius 2 is 1.84 bits per heavy atom. The van der Waals surface area contributed by atoms with E-state index in [1.807, 2.05) is 0 Å². The van der Waals surface area contributed by atoms with Gasteiger partial charge < -0.3 is 10.2 Å². The molecule has 1 amide bonds. The maximum Gasteiger partial charge on any atom is 0.242 e. The van der Waals surface area contributed by atoms with E-state index in [1.165, 1.54) is 0 Å². The fourth-order valence-corrected chi connectivity index (χ4v) is 3.32.